The van der Waals surface area contributed by atoms with Gasteiger partial charge in [-0.1, -0.05) is 12.1 Å². The van der Waals surface area contributed by atoms with Gasteiger partial charge in [-0.2, -0.15) is 0 Å². The van der Waals surface area contributed by atoms with E-state index in [4.69, 9.17) is 0 Å². The Balaban J connectivity index is 0.000000128. The number of benzene rings is 1. The van der Waals surface area contributed by atoms with Crippen molar-refractivity contribution < 1.29 is 4.52 Å². The number of para-hydroxylation sites is 2. The highest BCUT2D eigenvalue weighted by molar-refractivity contribution is 5.73. The van der Waals surface area contributed by atoms with Crippen molar-refractivity contribution in [3.63, 3.8) is 0 Å². The van der Waals surface area contributed by atoms with E-state index < -0.39 is 0 Å². The van der Waals surface area contributed by atoms with Gasteiger partial charge in [0.25, 0.3) is 0 Å². The molecule has 0 fully saturated rings. The SMILES string of the molecule is c1ccc2[nH]cnc2c1.c1conn1. The zero-order valence-corrected chi connectivity index (χ0v) is 7.29. The average molecular weight is 188 g/mol. The largest absolute Gasteiger partial charge is 0.346 e. The van der Waals surface area contributed by atoms with Crippen molar-refractivity contribution in [1.29, 1.82) is 0 Å². The van der Waals surface area contributed by atoms with Gasteiger partial charge in [0.15, 0.2) is 0 Å². The first-order valence-electron chi connectivity index (χ1n) is 4.06. The van der Waals surface area contributed by atoms with E-state index in [1.807, 2.05) is 24.3 Å². The summed E-state index contributed by atoms with van der Waals surface area (Å²) in [5.41, 5.74) is 2.12. The molecule has 0 aliphatic rings. The summed E-state index contributed by atoms with van der Waals surface area (Å²) in [5.74, 6) is 0. The van der Waals surface area contributed by atoms with Crippen molar-refractivity contribution in [2.75, 3.05) is 0 Å². The lowest BCUT2D eigenvalue weighted by Crippen LogP contribution is -1.63. The lowest BCUT2D eigenvalue weighted by molar-refractivity contribution is 0.393. The Kier molecular flexibility index (Phi) is 2.51. The van der Waals surface area contributed by atoms with E-state index in [0.717, 1.165) is 11.0 Å². The van der Waals surface area contributed by atoms with Crippen LogP contribution >= 0.6 is 0 Å². The van der Waals surface area contributed by atoms with Gasteiger partial charge in [0, 0.05) is 5.27 Å². The third kappa shape index (κ3) is 1.95. The lowest BCUT2D eigenvalue weighted by Gasteiger charge is -1.81. The number of aromatic nitrogens is 4. The standard InChI is InChI=1S/C7H6N2.C2H2N2O/c1-2-4-7-6(3-1)8-5-9-7;1-2-5-4-3-1/h1-5H,(H,8,9);1-2H. The molecular formula is C9H8N4O. The molecule has 0 aliphatic carbocycles. The van der Waals surface area contributed by atoms with E-state index in [1.54, 1.807) is 6.33 Å². The molecule has 0 spiro atoms. The Bertz CT molecular complexity index is 427. The monoisotopic (exact) mass is 188 g/mol. The Hall–Kier alpha value is -2.17. The van der Waals surface area contributed by atoms with Crippen LogP contribution in [-0.4, -0.2) is 20.3 Å². The fourth-order valence-corrected chi connectivity index (χ4v) is 1.02. The van der Waals surface area contributed by atoms with Gasteiger partial charge in [-0.05, 0) is 12.1 Å². The van der Waals surface area contributed by atoms with E-state index in [1.165, 1.54) is 12.5 Å². The normalized spacial score (nSPS) is 9.43. The fourth-order valence-electron chi connectivity index (χ4n) is 1.02. The van der Waals surface area contributed by atoms with E-state index in [9.17, 15) is 0 Å². The quantitative estimate of drug-likeness (QED) is 0.582. The van der Waals surface area contributed by atoms with E-state index in [-0.39, 0.29) is 0 Å². The van der Waals surface area contributed by atoms with Crippen LogP contribution in [0.1, 0.15) is 0 Å². The summed E-state index contributed by atoms with van der Waals surface area (Å²) >= 11 is 0. The van der Waals surface area contributed by atoms with Crippen molar-refractivity contribution >= 4 is 11.0 Å². The van der Waals surface area contributed by atoms with Gasteiger partial charge in [-0.25, -0.2) is 4.98 Å². The Morgan fingerprint density at radius 3 is 2.79 bits per heavy atom. The number of aromatic amines is 1. The molecule has 1 N–H and O–H groups in total. The highest BCUT2D eigenvalue weighted by Crippen LogP contribution is 2.05. The molecule has 3 aromatic rings. The van der Waals surface area contributed by atoms with Crippen molar-refractivity contribution in [3.8, 4) is 0 Å². The summed E-state index contributed by atoms with van der Waals surface area (Å²) in [6.45, 7) is 0. The third-order valence-corrected chi connectivity index (χ3v) is 1.61. The Morgan fingerprint density at radius 2 is 2.14 bits per heavy atom. The van der Waals surface area contributed by atoms with Crippen LogP contribution in [0.25, 0.3) is 11.0 Å². The van der Waals surface area contributed by atoms with E-state index in [0.29, 0.717) is 0 Å². The second-order valence-corrected chi connectivity index (χ2v) is 2.51. The summed E-state index contributed by atoms with van der Waals surface area (Å²) in [7, 11) is 0. The van der Waals surface area contributed by atoms with Crippen LogP contribution in [0.15, 0.2) is 47.6 Å². The number of rotatable bonds is 0. The van der Waals surface area contributed by atoms with Crippen LogP contribution in [0.4, 0.5) is 0 Å². The van der Waals surface area contributed by atoms with Gasteiger partial charge in [-0.3, -0.25) is 0 Å². The predicted octanol–water partition coefficient (Wildman–Crippen LogP) is 1.63. The molecule has 0 amide bonds. The summed E-state index contributed by atoms with van der Waals surface area (Å²) in [6.07, 6.45) is 4.57. The number of fused-ring (bicyclic) bond motifs is 1. The second kappa shape index (κ2) is 4.18. The highest BCUT2D eigenvalue weighted by Gasteiger charge is 1.88. The molecule has 5 heteroatoms. The molecule has 0 saturated heterocycles. The number of nitrogens with one attached hydrogen (secondary N) is 1. The molecule has 14 heavy (non-hydrogen) atoms. The minimum atomic E-state index is 1.03. The molecule has 3 rings (SSSR count). The Labute approximate surface area is 79.8 Å². The van der Waals surface area contributed by atoms with Gasteiger partial charge >= 0.3 is 0 Å². The smallest absolute Gasteiger partial charge is 0.144 e. The van der Waals surface area contributed by atoms with E-state index in [2.05, 4.69) is 24.9 Å². The Morgan fingerprint density at radius 1 is 1.21 bits per heavy atom. The van der Waals surface area contributed by atoms with Crippen LogP contribution < -0.4 is 0 Å². The summed E-state index contributed by atoms with van der Waals surface area (Å²) in [4.78, 5) is 7.07. The molecule has 0 unspecified atom stereocenters. The molecule has 0 saturated carbocycles. The number of H-pyrrole nitrogens is 1. The van der Waals surface area contributed by atoms with Crippen LogP contribution in [-0.2, 0) is 0 Å². The van der Waals surface area contributed by atoms with Gasteiger partial charge < -0.3 is 9.51 Å². The molecule has 2 aromatic heterocycles. The summed E-state index contributed by atoms with van der Waals surface area (Å²) in [6, 6.07) is 7.94. The van der Waals surface area contributed by atoms with Crippen molar-refractivity contribution in [3.05, 3.63) is 43.1 Å². The number of hydrogen-bond donors (Lipinski definition) is 1. The zero-order chi connectivity index (χ0) is 9.64. The predicted molar refractivity (Wildman–Crippen MR) is 50.4 cm³/mol. The van der Waals surface area contributed by atoms with Crippen molar-refractivity contribution in [2.24, 2.45) is 0 Å². The fraction of sp³-hybridized carbons (Fsp3) is 0. The van der Waals surface area contributed by atoms with Crippen molar-refractivity contribution in [1.82, 2.24) is 20.3 Å². The molecule has 0 atom stereocenters. The zero-order valence-electron chi connectivity index (χ0n) is 7.29. The maximum atomic E-state index is 4.22. The molecule has 0 bridgehead atoms. The molecule has 5 nitrogen and oxygen atoms in total. The number of hydrogen-bond acceptors (Lipinski definition) is 4. The molecule has 1 aromatic carbocycles. The lowest BCUT2D eigenvalue weighted by atomic mass is 10.3. The average Bonchev–Trinajstić information content (AvgIpc) is 2.92. The second-order valence-electron chi connectivity index (χ2n) is 2.51. The summed E-state index contributed by atoms with van der Waals surface area (Å²) in [5, 5.41) is 6.40. The molecule has 2 heterocycles. The molecule has 0 radical (unpaired) electrons. The minimum absolute atomic E-state index is 1.03. The van der Waals surface area contributed by atoms with Gasteiger partial charge in [0.1, 0.15) is 6.26 Å². The van der Waals surface area contributed by atoms with Gasteiger partial charge in [0.05, 0.1) is 23.6 Å². The number of nitrogens with zero attached hydrogens (tertiary/aromatic N) is 3. The highest BCUT2D eigenvalue weighted by atomic mass is 16.5. The van der Waals surface area contributed by atoms with E-state index >= 15 is 0 Å². The van der Waals surface area contributed by atoms with Gasteiger partial charge in [-0.15, -0.1) is 5.10 Å². The number of imidazole rings is 1. The first-order chi connectivity index (χ1) is 6.97. The van der Waals surface area contributed by atoms with Crippen LogP contribution in [0.2, 0.25) is 0 Å². The minimum Gasteiger partial charge on any atom is -0.346 e. The van der Waals surface area contributed by atoms with Gasteiger partial charge in [0.2, 0.25) is 0 Å². The summed E-state index contributed by atoms with van der Waals surface area (Å²) < 4.78 is 4.22. The van der Waals surface area contributed by atoms with Crippen LogP contribution in [0.5, 0.6) is 0 Å². The van der Waals surface area contributed by atoms with Crippen LogP contribution in [0.3, 0.4) is 0 Å². The maximum Gasteiger partial charge on any atom is 0.144 e. The van der Waals surface area contributed by atoms with Crippen molar-refractivity contribution in [2.45, 2.75) is 0 Å². The first kappa shape index (κ1) is 8.43. The maximum absolute atomic E-state index is 4.22. The van der Waals surface area contributed by atoms with Crippen LogP contribution in [0, 0.1) is 0 Å². The molecule has 70 valence electrons. The molecular weight excluding hydrogens is 180 g/mol. The first-order valence-corrected chi connectivity index (χ1v) is 4.06. The third-order valence-electron chi connectivity index (χ3n) is 1.61. The topological polar surface area (TPSA) is 67.6 Å². The molecule has 0 aliphatic heterocycles.